The number of nitrogens with zero attached hydrogens (tertiary/aromatic N) is 3. The quantitative estimate of drug-likeness (QED) is 0.282. The van der Waals surface area contributed by atoms with E-state index >= 15 is 0 Å². The third kappa shape index (κ3) is 2.91. The highest BCUT2D eigenvalue weighted by atomic mass is 16.6. The highest BCUT2D eigenvalue weighted by molar-refractivity contribution is 5.98. The molecule has 0 bridgehead atoms. The summed E-state index contributed by atoms with van der Waals surface area (Å²) in [6.07, 6.45) is 0. The third-order valence-electron chi connectivity index (χ3n) is 2.03. The van der Waals surface area contributed by atoms with E-state index < -0.39 is 45.2 Å². The molecule has 1 rings (SSSR count). The standard InChI is InChI=1S/C9H6N4O6/c1-11-4-19-9(14)6-2-5(12(15)16)3-7(8(6)10)13(17)18/h2-3H,4,10H2. The van der Waals surface area contributed by atoms with Crippen LogP contribution in [-0.4, -0.2) is 22.5 Å². The molecule has 0 aliphatic rings. The number of hydrogen-bond acceptors (Lipinski definition) is 7. The molecular weight excluding hydrogens is 260 g/mol. The Balaban J connectivity index is 3.38. The molecule has 0 fully saturated rings. The monoisotopic (exact) mass is 266 g/mol. The number of rotatable bonds is 4. The van der Waals surface area contributed by atoms with Crippen LogP contribution >= 0.6 is 0 Å². The number of carbonyl (C=O) groups is 1. The molecule has 10 nitrogen and oxygen atoms in total. The van der Waals surface area contributed by atoms with Crippen LogP contribution in [0.15, 0.2) is 12.1 Å². The molecule has 98 valence electrons. The van der Waals surface area contributed by atoms with Crippen molar-refractivity contribution in [2.45, 2.75) is 0 Å². The number of nitrogen functional groups attached to an aromatic ring is 1. The van der Waals surface area contributed by atoms with E-state index in [2.05, 4.69) is 9.58 Å². The third-order valence-corrected chi connectivity index (χ3v) is 2.03. The van der Waals surface area contributed by atoms with Crippen LogP contribution < -0.4 is 5.73 Å². The Morgan fingerprint density at radius 1 is 1.37 bits per heavy atom. The Labute approximate surface area is 105 Å². The number of esters is 1. The van der Waals surface area contributed by atoms with Crippen LogP contribution in [0.3, 0.4) is 0 Å². The first kappa shape index (κ1) is 13.8. The number of non-ortho nitro benzene ring substituents is 1. The molecule has 0 radical (unpaired) electrons. The molecule has 0 heterocycles. The molecule has 0 saturated carbocycles. The van der Waals surface area contributed by atoms with Crippen LogP contribution in [0.4, 0.5) is 17.1 Å². The van der Waals surface area contributed by atoms with E-state index in [9.17, 15) is 25.0 Å². The highest BCUT2D eigenvalue weighted by Crippen LogP contribution is 2.31. The maximum atomic E-state index is 11.5. The Hall–Kier alpha value is -3.22. The second-order valence-corrected chi connectivity index (χ2v) is 3.16. The first-order valence-corrected chi connectivity index (χ1v) is 4.61. The molecule has 0 spiro atoms. The molecule has 1 aromatic rings. The summed E-state index contributed by atoms with van der Waals surface area (Å²) in [7, 11) is 0. The van der Waals surface area contributed by atoms with Crippen LogP contribution in [-0.2, 0) is 4.74 Å². The van der Waals surface area contributed by atoms with E-state index in [1.807, 2.05) is 0 Å². The van der Waals surface area contributed by atoms with Crippen molar-refractivity contribution in [3.63, 3.8) is 0 Å². The van der Waals surface area contributed by atoms with Gasteiger partial charge in [-0.1, -0.05) is 0 Å². The van der Waals surface area contributed by atoms with Crippen LogP contribution in [0.25, 0.3) is 4.85 Å². The Kier molecular flexibility index (Phi) is 3.94. The zero-order valence-electron chi connectivity index (χ0n) is 9.23. The predicted octanol–water partition coefficient (Wildman–Crippen LogP) is 1.12. The topological polar surface area (TPSA) is 143 Å². The number of ether oxygens (including phenoxy) is 1. The first-order valence-electron chi connectivity index (χ1n) is 4.61. The van der Waals surface area contributed by atoms with Crippen molar-refractivity contribution in [2.75, 3.05) is 12.5 Å². The lowest BCUT2D eigenvalue weighted by Gasteiger charge is -2.04. The average molecular weight is 266 g/mol. The van der Waals surface area contributed by atoms with E-state index in [4.69, 9.17) is 12.3 Å². The molecule has 0 aromatic heterocycles. The van der Waals surface area contributed by atoms with Gasteiger partial charge >= 0.3 is 12.7 Å². The minimum absolute atomic E-state index is 0.524. The van der Waals surface area contributed by atoms with Gasteiger partial charge in [-0.15, -0.1) is 0 Å². The predicted molar refractivity (Wildman–Crippen MR) is 61.0 cm³/mol. The number of nitro groups is 2. The fourth-order valence-electron chi connectivity index (χ4n) is 1.22. The Bertz CT molecular complexity index is 605. The van der Waals surface area contributed by atoms with Gasteiger partial charge in [0.2, 0.25) is 0 Å². The fourth-order valence-corrected chi connectivity index (χ4v) is 1.22. The number of anilines is 1. The summed E-state index contributed by atoms with van der Waals surface area (Å²) in [6, 6.07) is 1.40. The highest BCUT2D eigenvalue weighted by Gasteiger charge is 2.26. The lowest BCUT2D eigenvalue weighted by Crippen LogP contribution is -2.10. The van der Waals surface area contributed by atoms with E-state index in [0.717, 1.165) is 6.07 Å². The molecule has 0 amide bonds. The molecule has 0 saturated heterocycles. The molecule has 0 aliphatic carbocycles. The largest absolute Gasteiger partial charge is 0.392 e. The fraction of sp³-hybridized carbons (Fsp3) is 0.111. The van der Waals surface area contributed by atoms with Crippen LogP contribution in [0, 0.1) is 26.8 Å². The van der Waals surface area contributed by atoms with E-state index in [1.165, 1.54) is 0 Å². The Morgan fingerprint density at radius 2 is 2.00 bits per heavy atom. The summed E-state index contributed by atoms with van der Waals surface area (Å²) >= 11 is 0. The summed E-state index contributed by atoms with van der Waals surface area (Å²) in [5, 5.41) is 21.3. The van der Waals surface area contributed by atoms with Crippen molar-refractivity contribution in [3.8, 4) is 0 Å². The summed E-state index contributed by atoms with van der Waals surface area (Å²) in [6.45, 7) is 5.82. The second-order valence-electron chi connectivity index (χ2n) is 3.16. The molecule has 0 atom stereocenters. The molecule has 2 N–H and O–H groups in total. The molecule has 10 heteroatoms. The molecule has 0 unspecified atom stereocenters. The maximum Gasteiger partial charge on any atom is 0.359 e. The van der Waals surface area contributed by atoms with Crippen molar-refractivity contribution >= 4 is 23.0 Å². The van der Waals surface area contributed by atoms with Gasteiger partial charge in [0.15, 0.2) is 0 Å². The number of hydrogen-bond donors (Lipinski definition) is 1. The van der Waals surface area contributed by atoms with Crippen LogP contribution in [0.2, 0.25) is 0 Å². The zero-order chi connectivity index (χ0) is 14.6. The second kappa shape index (κ2) is 5.41. The van der Waals surface area contributed by atoms with Crippen molar-refractivity contribution in [1.29, 1.82) is 0 Å². The normalized spacial score (nSPS) is 9.42. The lowest BCUT2D eigenvalue weighted by molar-refractivity contribution is -0.393. The van der Waals surface area contributed by atoms with Crippen molar-refractivity contribution in [1.82, 2.24) is 0 Å². The maximum absolute atomic E-state index is 11.5. The minimum Gasteiger partial charge on any atom is -0.392 e. The smallest absolute Gasteiger partial charge is 0.359 e. The summed E-state index contributed by atoms with van der Waals surface area (Å²) in [5.41, 5.74) is 2.86. The average Bonchev–Trinajstić information content (AvgIpc) is 2.35. The van der Waals surface area contributed by atoms with Crippen molar-refractivity contribution in [2.24, 2.45) is 0 Å². The van der Waals surface area contributed by atoms with Crippen molar-refractivity contribution in [3.05, 3.63) is 49.3 Å². The minimum atomic E-state index is -1.14. The van der Waals surface area contributed by atoms with Gasteiger partial charge < -0.3 is 10.5 Å². The van der Waals surface area contributed by atoms with Crippen LogP contribution in [0.1, 0.15) is 10.4 Å². The summed E-state index contributed by atoms with van der Waals surface area (Å²) < 4.78 is 4.41. The molecule has 0 aliphatic heterocycles. The number of nitro benzene ring substituents is 2. The molecule has 1 aromatic carbocycles. The number of carbonyl (C=O) groups excluding carboxylic acids is 1. The SMILES string of the molecule is [C-]#[N+]COC(=O)c1cc([N+](=O)[O-])cc([N+](=O)[O-])c1N. The van der Waals surface area contributed by atoms with Gasteiger partial charge in [0, 0.05) is 6.07 Å². The van der Waals surface area contributed by atoms with Gasteiger partial charge in [-0.3, -0.25) is 25.1 Å². The lowest BCUT2D eigenvalue weighted by atomic mass is 10.1. The van der Waals surface area contributed by atoms with Gasteiger partial charge in [0.1, 0.15) is 5.69 Å². The van der Waals surface area contributed by atoms with Crippen LogP contribution in [0.5, 0.6) is 0 Å². The summed E-state index contributed by atoms with van der Waals surface area (Å²) in [5.74, 6) is -1.14. The van der Waals surface area contributed by atoms with Gasteiger partial charge in [-0.2, -0.15) is 0 Å². The number of benzene rings is 1. The van der Waals surface area contributed by atoms with Crippen molar-refractivity contribution < 1.29 is 19.4 Å². The van der Waals surface area contributed by atoms with E-state index in [-0.39, 0.29) is 0 Å². The van der Waals surface area contributed by atoms with Gasteiger partial charge in [-0.05, 0) is 0 Å². The van der Waals surface area contributed by atoms with Gasteiger partial charge in [-0.25, -0.2) is 11.4 Å². The van der Waals surface area contributed by atoms with Gasteiger partial charge in [0.25, 0.3) is 11.4 Å². The first-order chi connectivity index (χ1) is 8.88. The van der Waals surface area contributed by atoms with Gasteiger partial charge in [0.05, 0.1) is 21.5 Å². The number of nitrogens with two attached hydrogens (primary N) is 1. The summed E-state index contributed by atoms with van der Waals surface area (Å²) in [4.78, 5) is 33.7. The molecule has 19 heavy (non-hydrogen) atoms. The Morgan fingerprint density at radius 3 is 2.47 bits per heavy atom. The van der Waals surface area contributed by atoms with E-state index in [1.54, 1.807) is 0 Å². The molecular formula is C9H6N4O6. The van der Waals surface area contributed by atoms with E-state index in [0.29, 0.717) is 6.07 Å². The zero-order valence-corrected chi connectivity index (χ0v) is 9.23.